The lowest BCUT2D eigenvalue weighted by atomic mass is 9.92. The van der Waals surface area contributed by atoms with Crippen molar-refractivity contribution in [2.45, 2.75) is 45.4 Å². The third kappa shape index (κ3) is 4.33. The van der Waals surface area contributed by atoms with Crippen LogP contribution in [-0.4, -0.2) is 38.3 Å². The first-order valence-electron chi connectivity index (χ1n) is 10.8. The van der Waals surface area contributed by atoms with E-state index in [0.717, 1.165) is 51.3 Å². The highest BCUT2D eigenvalue weighted by molar-refractivity contribution is 5.74. The van der Waals surface area contributed by atoms with Crippen LogP contribution in [0.3, 0.4) is 0 Å². The van der Waals surface area contributed by atoms with Crippen molar-refractivity contribution in [1.82, 2.24) is 4.98 Å². The third-order valence-corrected chi connectivity index (χ3v) is 6.30. The van der Waals surface area contributed by atoms with Crippen LogP contribution in [0.1, 0.15) is 43.4 Å². The molecule has 1 aromatic carbocycles. The molecule has 2 fully saturated rings. The summed E-state index contributed by atoms with van der Waals surface area (Å²) in [5, 5.41) is 3.27. The zero-order valence-corrected chi connectivity index (χ0v) is 17.3. The normalized spacial score (nSPS) is 18.3. The second-order valence-corrected chi connectivity index (χ2v) is 8.28. The fourth-order valence-electron chi connectivity index (χ4n) is 4.51. The minimum Gasteiger partial charge on any atom is -0.388 e. The molecule has 0 amide bonds. The van der Waals surface area contributed by atoms with Crippen LogP contribution in [0.2, 0.25) is 0 Å². The van der Waals surface area contributed by atoms with Crippen LogP contribution in [0.25, 0.3) is 11.1 Å². The monoisotopic (exact) mass is 379 g/mol. The summed E-state index contributed by atoms with van der Waals surface area (Å²) < 4.78 is 5.56. The fourth-order valence-corrected chi connectivity index (χ4v) is 4.51. The van der Waals surface area contributed by atoms with E-state index in [4.69, 9.17) is 9.72 Å². The topological polar surface area (TPSA) is 37.4 Å². The number of nitrogens with zero attached hydrogens (tertiary/aromatic N) is 2. The molecule has 0 radical (unpaired) electrons. The Kier molecular flexibility index (Phi) is 6.16. The number of hydrogen-bond donors (Lipinski definition) is 1. The zero-order chi connectivity index (χ0) is 19.3. The summed E-state index contributed by atoms with van der Waals surface area (Å²) >= 11 is 0. The molecule has 0 atom stereocenters. The smallest absolute Gasteiger partial charge is 0.0639 e. The first kappa shape index (κ1) is 19.3. The van der Waals surface area contributed by atoms with E-state index >= 15 is 0 Å². The number of anilines is 2. The van der Waals surface area contributed by atoms with E-state index in [9.17, 15) is 0 Å². The van der Waals surface area contributed by atoms with Gasteiger partial charge in [-0.3, -0.25) is 4.98 Å². The summed E-state index contributed by atoms with van der Waals surface area (Å²) in [6.45, 7) is 6.30. The maximum atomic E-state index is 5.56. The lowest BCUT2D eigenvalue weighted by Crippen LogP contribution is -2.31. The van der Waals surface area contributed by atoms with Gasteiger partial charge in [-0.1, -0.05) is 6.07 Å². The van der Waals surface area contributed by atoms with Crippen molar-refractivity contribution < 1.29 is 4.74 Å². The van der Waals surface area contributed by atoms with E-state index in [1.807, 2.05) is 7.05 Å². The molecule has 2 saturated heterocycles. The Hall–Kier alpha value is -2.07. The Labute approximate surface area is 169 Å². The van der Waals surface area contributed by atoms with Crippen molar-refractivity contribution in [3.63, 3.8) is 0 Å². The van der Waals surface area contributed by atoms with Crippen molar-refractivity contribution in [3.8, 4) is 11.1 Å². The average molecular weight is 380 g/mol. The van der Waals surface area contributed by atoms with Crippen molar-refractivity contribution >= 4 is 11.4 Å². The molecule has 4 rings (SSSR count). The minimum absolute atomic E-state index is 0.699. The van der Waals surface area contributed by atoms with Gasteiger partial charge in [0.25, 0.3) is 0 Å². The van der Waals surface area contributed by atoms with Gasteiger partial charge in [0.15, 0.2) is 0 Å². The first-order chi connectivity index (χ1) is 13.7. The Morgan fingerprint density at radius 2 is 1.89 bits per heavy atom. The van der Waals surface area contributed by atoms with Crippen molar-refractivity contribution in [3.05, 3.63) is 41.7 Å². The van der Waals surface area contributed by atoms with Crippen LogP contribution in [0, 0.1) is 12.8 Å². The minimum atomic E-state index is 0.699. The van der Waals surface area contributed by atoms with Gasteiger partial charge >= 0.3 is 0 Å². The van der Waals surface area contributed by atoms with E-state index in [-0.39, 0.29) is 0 Å². The highest BCUT2D eigenvalue weighted by Crippen LogP contribution is 2.33. The fraction of sp³-hybridized carbons (Fsp3) is 0.542. The molecule has 1 aromatic heterocycles. The van der Waals surface area contributed by atoms with Crippen LogP contribution in [-0.2, 0) is 11.2 Å². The van der Waals surface area contributed by atoms with Crippen molar-refractivity contribution in [2.75, 3.05) is 43.6 Å². The standard InChI is InChI=1S/C24H33N3O/c1-18-6-7-21(25-2)16-22(18)20-15-24(27-10-4-3-5-11-27)23(26-17-20)14-19-8-12-28-13-9-19/h6-7,15-17,19,25H,3-5,8-14H2,1-2H3. The Morgan fingerprint density at radius 1 is 1.11 bits per heavy atom. The van der Waals surface area contributed by atoms with Crippen LogP contribution in [0.15, 0.2) is 30.5 Å². The molecule has 0 bridgehead atoms. The number of ether oxygens (including phenoxy) is 1. The van der Waals surface area contributed by atoms with Gasteiger partial charge in [0, 0.05) is 50.8 Å². The molecule has 28 heavy (non-hydrogen) atoms. The van der Waals surface area contributed by atoms with Gasteiger partial charge in [0.2, 0.25) is 0 Å². The molecular weight excluding hydrogens is 346 g/mol. The number of piperidine rings is 1. The quantitative estimate of drug-likeness (QED) is 0.788. The van der Waals surface area contributed by atoms with Crippen molar-refractivity contribution in [2.24, 2.45) is 5.92 Å². The largest absolute Gasteiger partial charge is 0.388 e. The van der Waals surface area contributed by atoms with Gasteiger partial charge in [0.1, 0.15) is 0 Å². The molecule has 2 aliphatic heterocycles. The van der Waals surface area contributed by atoms with Crippen LogP contribution in [0.4, 0.5) is 11.4 Å². The number of benzene rings is 1. The maximum absolute atomic E-state index is 5.56. The Balaban J connectivity index is 1.69. The van der Waals surface area contributed by atoms with E-state index in [0.29, 0.717) is 5.92 Å². The number of aromatic nitrogens is 1. The van der Waals surface area contributed by atoms with E-state index in [2.05, 4.69) is 47.6 Å². The van der Waals surface area contributed by atoms with Gasteiger partial charge in [-0.25, -0.2) is 0 Å². The van der Waals surface area contributed by atoms with E-state index < -0.39 is 0 Å². The number of aryl methyl sites for hydroxylation is 1. The summed E-state index contributed by atoms with van der Waals surface area (Å²) in [4.78, 5) is 7.59. The summed E-state index contributed by atoms with van der Waals surface area (Å²) in [7, 11) is 1.98. The second-order valence-electron chi connectivity index (χ2n) is 8.28. The molecule has 2 aromatic rings. The molecule has 1 N–H and O–H groups in total. The molecule has 3 heterocycles. The van der Waals surface area contributed by atoms with Gasteiger partial charge in [-0.15, -0.1) is 0 Å². The van der Waals surface area contributed by atoms with Gasteiger partial charge in [0.05, 0.1) is 11.4 Å². The highest BCUT2D eigenvalue weighted by Gasteiger charge is 2.21. The molecule has 0 unspecified atom stereocenters. The SMILES string of the molecule is CNc1ccc(C)c(-c2cnc(CC3CCOCC3)c(N3CCCCC3)c2)c1. The molecule has 0 aliphatic carbocycles. The summed E-state index contributed by atoms with van der Waals surface area (Å²) in [6.07, 6.45) is 9.40. The predicted octanol–water partition coefficient (Wildman–Crippen LogP) is 5.06. The van der Waals surface area contributed by atoms with Gasteiger partial charge in [-0.2, -0.15) is 0 Å². The van der Waals surface area contributed by atoms with Crippen LogP contribution >= 0.6 is 0 Å². The summed E-state index contributed by atoms with van der Waals surface area (Å²) in [5.74, 6) is 0.699. The molecule has 150 valence electrons. The van der Waals surface area contributed by atoms with Crippen LogP contribution in [0.5, 0.6) is 0 Å². The van der Waals surface area contributed by atoms with Crippen LogP contribution < -0.4 is 10.2 Å². The number of hydrogen-bond acceptors (Lipinski definition) is 4. The van der Waals surface area contributed by atoms with Crippen molar-refractivity contribution in [1.29, 1.82) is 0 Å². The molecule has 0 saturated carbocycles. The summed E-state index contributed by atoms with van der Waals surface area (Å²) in [5.41, 5.74) is 7.58. The van der Waals surface area contributed by atoms with E-state index in [1.54, 1.807) is 0 Å². The van der Waals surface area contributed by atoms with Gasteiger partial charge in [-0.05, 0) is 80.7 Å². The number of rotatable bonds is 5. The predicted molar refractivity (Wildman–Crippen MR) is 117 cm³/mol. The van der Waals surface area contributed by atoms with E-state index in [1.165, 1.54) is 47.3 Å². The lowest BCUT2D eigenvalue weighted by Gasteiger charge is -2.32. The number of pyridine rings is 1. The van der Waals surface area contributed by atoms with Gasteiger partial charge < -0.3 is 15.0 Å². The average Bonchev–Trinajstić information content (AvgIpc) is 2.76. The summed E-state index contributed by atoms with van der Waals surface area (Å²) in [6, 6.07) is 8.97. The molecular formula is C24H33N3O. The molecule has 0 spiro atoms. The maximum Gasteiger partial charge on any atom is 0.0639 e. The molecule has 2 aliphatic rings. The molecule has 4 nitrogen and oxygen atoms in total. The second kappa shape index (κ2) is 8.95. The Bertz CT molecular complexity index is 792. The third-order valence-electron chi connectivity index (χ3n) is 6.30. The highest BCUT2D eigenvalue weighted by atomic mass is 16.5. The zero-order valence-electron chi connectivity index (χ0n) is 17.3. The lowest BCUT2D eigenvalue weighted by molar-refractivity contribution is 0.0663. The molecule has 4 heteroatoms. The number of nitrogens with one attached hydrogen (secondary N) is 1. The first-order valence-corrected chi connectivity index (χ1v) is 10.8. The Morgan fingerprint density at radius 3 is 2.64 bits per heavy atom.